The Morgan fingerprint density at radius 2 is 1.40 bits per heavy atom. The van der Waals surface area contributed by atoms with E-state index in [4.69, 9.17) is 24.4 Å². The van der Waals surface area contributed by atoms with Crippen LogP contribution in [0.2, 0.25) is 0 Å². The third-order valence-corrected chi connectivity index (χ3v) is 13.8. The number of rotatable bonds is 15. The van der Waals surface area contributed by atoms with Crippen LogP contribution < -0.4 is 20.9 Å². The number of carbonyl (C=O) groups is 4. The molecule has 0 unspecified atom stereocenters. The highest BCUT2D eigenvalue weighted by molar-refractivity contribution is 5.96. The van der Waals surface area contributed by atoms with Crippen LogP contribution >= 0.6 is 0 Å². The van der Waals surface area contributed by atoms with Gasteiger partial charge in [-0.1, -0.05) is 76.2 Å². The number of aromatic amines is 2. The maximum Gasteiger partial charge on any atom is 0.407 e. The number of hydrogen-bond donors (Lipinski definition) is 6. The molecule has 3 amide bonds. The van der Waals surface area contributed by atoms with Gasteiger partial charge < -0.3 is 49.5 Å². The molecule has 0 radical (unpaired) electrons. The summed E-state index contributed by atoms with van der Waals surface area (Å²) in [6.07, 6.45) is 6.55. The van der Waals surface area contributed by atoms with E-state index in [0.717, 1.165) is 83.2 Å². The van der Waals surface area contributed by atoms with E-state index in [1.807, 2.05) is 70.6 Å². The van der Waals surface area contributed by atoms with Gasteiger partial charge in [0, 0.05) is 43.2 Å². The second-order valence-electron chi connectivity index (χ2n) is 18.9. The fourth-order valence-electron chi connectivity index (χ4n) is 10.0. The van der Waals surface area contributed by atoms with Crippen LogP contribution in [-0.2, 0) is 24.6 Å². The lowest BCUT2D eigenvalue weighted by Gasteiger charge is -2.32. The number of morpholine rings is 1. The summed E-state index contributed by atoms with van der Waals surface area (Å²) < 4.78 is 12.6. The average Bonchev–Trinajstić information content (AvgIpc) is 4.25. The number of Topliss-reactive ketones (excluding diaryl/α,β-unsaturated/α-hetero) is 1. The van der Waals surface area contributed by atoms with Gasteiger partial charge >= 0.3 is 12.2 Å². The summed E-state index contributed by atoms with van der Waals surface area (Å²) in [4.78, 5) is 77.0. The zero-order chi connectivity index (χ0) is 49.1. The van der Waals surface area contributed by atoms with Gasteiger partial charge in [-0.15, -0.1) is 0 Å². The minimum absolute atomic E-state index is 0.161. The lowest BCUT2D eigenvalue weighted by atomic mass is 9.83. The van der Waals surface area contributed by atoms with Crippen molar-refractivity contribution in [1.82, 2.24) is 50.3 Å². The van der Waals surface area contributed by atoms with Gasteiger partial charge in [-0.3, -0.25) is 14.9 Å². The quantitative estimate of drug-likeness (QED) is 0.0596. The molecule has 18 heteroatoms. The first-order chi connectivity index (χ1) is 33.8. The van der Waals surface area contributed by atoms with Crippen molar-refractivity contribution in [2.24, 2.45) is 11.8 Å². The number of ether oxygens (including phenoxy) is 2. The zero-order valence-corrected chi connectivity index (χ0v) is 40.2. The van der Waals surface area contributed by atoms with E-state index in [-0.39, 0.29) is 29.6 Å². The Morgan fingerprint density at radius 3 is 1.97 bits per heavy atom. The molecule has 7 heterocycles. The first kappa shape index (κ1) is 47.7. The summed E-state index contributed by atoms with van der Waals surface area (Å²) in [7, 11) is 1.29. The van der Waals surface area contributed by atoms with Gasteiger partial charge in [-0.05, 0) is 79.5 Å². The highest BCUT2D eigenvalue weighted by Gasteiger charge is 2.49. The lowest BCUT2D eigenvalue weighted by molar-refractivity contribution is -0.135. The van der Waals surface area contributed by atoms with Crippen molar-refractivity contribution in [2.45, 2.75) is 77.0 Å². The molecular formula is C52H61N11O7. The SMILES string of the molecule is COC(=O)N[C@H](C(=O)[C@@]1(c2nc(-c3ccc(-c4ccc(-c5ccc(-c6c[nH]c([C@@H]7CCCN7C(=O)[C@@H](NC(=O)O)C(C)C)n6)cc5)n4-c4ccc(N5CCOCC5)nc4)cc3)c[nH]2)CCCN1)C(C)C. The molecule has 4 atom stereocenters. The first-order valence-corrected chi connectivity index (χ1v) is 24.1. The molecule has 6 aromatic rings. The maximum absolute atomic E-state index is 14.2. The van der Waals surface area contributed by atoms with Crippen molar-refractivity contribution in [3.05, 3.63) is 103 Å². The van der Waals surface area contributed by atoms with Crippen LogP contribution in [0.15, 0.2) is 91.4 Å². The van der Waals surface area contributed by atoms with Gasteiger partial charge in [0.25, 0.3) is 0 Å². The summed E-state index contributed by atoms with van der Waals surface area (Å²) >= 11 is 0. The molecule has 3 aliphatic heterocycles. The number of nitrogens with one attached hydrogen (secondary N) is 5. The van der Waals surface area contributed by atoms with Gasteiger partial charge in [0.1, 0.15) is 29.0 Å². The summed E-state index contributed by atoms with van der Waals surface area (Å²) in [5.74, 6) is 1.28. The molecule has 3 saturated heterocycles. The van der Waals surface area contributed by atoms with E-state index in [0.29, 0.717) is 50.1 Å². The van der Waals surface area contributed by atoms with Gasteiger partial charge in [0.05, 0.1) is 67.1 Å². The molecule has 9 rings (SSSR count). The van der Waals surface area contributed by atoms with Crippen LogP contribution in [0.1, 0.15) is 71.1 Å². The molecule has 0 aliphatic carbocycles. The number of alkyl carbamates (subject to hydrolysis) is 1. The fraction of sp³-hybridized carbons (Fsp3) is 0.404. The van der Waals surface area contributed by atoms with Crippen molar-refractivity contribution in [3.8, 4) is 50.7 Å². The second kappa shape index (κ2) is 20.3. The number of benzene rings is 2. The molecule has 4 aromatic heterocycles. The summed E-state index contributed by atoms with van der Waals surface area (Å²) in [5, 5.41) is 18.0. The molecule has 70 heavy (non-hydrogen) atoms. The van der Waals surface area contributed by atoms with Crippen LogP contribution in [0.3, 0.4) is 0 Å². The number of methoxy groups -OCH3 is 1. The van der Waals surface area contributed by atoms with Gasteiger partial charge in [0.15, 0.2) is 5.78 Å². The lowest BCUT2D eigenvalue weighted by Crippen LogP contribution is -2.57. The monoisotopic (exact) mass is 951 g/mol. The number of anilines is 1. The van der Waals surface area contributed by atoms with Gasteiger partial charge in [-0.25, -0.2) is 24.5 Å². The Morgan fingerprint density at radius 1 is 0.771 bits per heavy atom. The second-order valence-corrected chi connectivity index (χ2v) is 18.9. The van der Waals surface area contributed by atoms with E-state index in [1.54, 1.807) is 4.90 Å². The standard InChI is InChI=1S/C52H61N11O7/c1-31(2)44(60-51(68)69-5)46(64)52(21-7-22-56-52)49-55-30-39(58-49)34-11-15-36(16-12-34)41-19-18-40(63(41)37-17-20-43(53-28-37)61-24-26-70-27-25-61)35-13-9-33(10-14-35)38-29-54-47(57-38)42-8-6-23-62(42)48(65)45(32(3)4)59-50(66)67/h9-20,28-32,42,44-45,56,59H,6-8,21-27H2,1-5H3,(H,54,57)(H,55,58)(H,60,68)(H,66,67)/t42-,44-,45-,52+/m0/s1. The van der Waals surface area contributed by atoms with E-state index < -0.39 is 29.8 Å². The van der Waals surface area contributed by atoms with Crippen molar-refractivity contribution >= 4 is 29.7 Å². The predicted molar refractivity (Wildman–Crippen MR) is 264 cm³/mol. The van der Waals surface area contributed by atoms with Crippen molar-refractivity contribution in [1.29, 1.82) is 0 Å². The highest BCUT2D eigenvalue weighted by atomic mass is 16.5. The van der Waals surface area contributed by atoms with E-state index in [2.05, 4.69) is 83.9 Å². The van der Waals surface area contributed by atoms with Crippen LogP contribution in [0.4, 0.5) is 15.4 Å². The molecule has 0 bridgehead atoms. The number of carboxylic acid groups (broad SMARTS) is 1. The molecule has 366 valence electrons. The third-order valence-electron chi connectivity index (χ3n) is 13.8. The molecule has 6 N–H and O–H groups in total. The molecule has 0 saturated carbocycles. The molecule has 3 fully saturated rings. The Kier molecular flexibility index (Phi) is 13.9. The van der Waals surface area contributed by atoms with Crippen molar-refractivity contribution in [2.75, 3.05) is 51.4 Å². The molecular weight excluding hydrogens is 891 g/mol. The molecule has 18 nitrogen and oxygen atoms in total. The van der Waals surface area contributed by atoms with Crippen LogP contribution in [0.5, 0.6) is 0 Å². The third kappa shape index (κ3) is 9.52. The molecule has 2 aromatic carbocycles. The summed E-state index contributed by atoms with van der Waals surface area (Å²) in [6, 6.07) is 22.9. The average molecular weight is 952 g/mol. The summed E-state index contributed by atoms with van der Waals surface area (Å²) in [5.41, 5.74) is 6.87. The maximum atomic E-state index is 14.2. The minimum atomic E-state index is -1.22. The number of hydrogen-bond acceptors (Lipinski definition) is 11. The number of aromatic nitrogens is 6. The first-order valence-electron chi connectivity index (χ1n) is 24.1. The number of pyridine rings is 1. The zero-order valence-electron chi connectivity index (χ0n) is 40.2. The van der Waals surface area contributed by atoms with E-state index in [9.17, 15) is 24.3 Å². The molecule has 3 aliphatic rings. The Bertz CT molecular complexity index is 2800. The van der Waals surface area contributed by atoms with Crippen LogP contribution in [-0.4, -0.2) is 122 Å². The predicted octanol–water partition coefficient (Wildman–Crippen LogP) is 7.31. The van der Waals surface area contributed by atoms with E-state index >= 15 is 0 Å². The van der Waals surface area contributed by atoms with Crippen LogP contribution in [0.25, 0.3) is 50.7 Å². The number of carbonyl (C=O) groups excluding carboxylic acids is 3. The largest absolute Gasteiger partial charge is 0.465 e. The number of nitrogens with zero attached hydrogens (tertiary/aromatic N) is 6. The summed E-state index contributed by atoms with van der Waals surface area (Å²) in [6.45, 7) is 11.5. The van der Waals surface area contributed by atoms with Crippen molar-refractivity contribution < 1.29 is 33.8 Å². The number of amides is 3. The normalized spacial score (nSPS) is 19.1. The highest BCUT2D eigenvalue weighted by Crippen LogP contribution is 2.38. The van der Waals surface area contributed by atoms with Gasteiger partial charge in [-0.2, -0.15) is 0 Å². The van der Waals surface area contributed by atoms with E-state index in [1.165, 1.54) is 7.11 Å². The fourth-order valence-corrected chi connectivity index (χ4v) is 10.0. The van der Waals surface area contributed by atoms with Crippen LogP contribution in [0, 0.1) is 11.8 Å². The number of ketones is 1. The minimum Gasteiger partial charge on any atom is -0.465 e. The smallest absolute Gasteiger partial charge is 0.407 e. The molecule has 0 spiro atoms. The Balaban J connectivity index is 0.994. The number of H-pyrrole nitrogens is 2. The van der Waals surface area contributed by atoms with Gasteiger partial charge in [0.2, 0.25) is 5.91 Å². The number of imidazole rings is 2. The van der Waals surface area contributed by atoms with Crippen molar-refractivity contribution in [3.63, 3.8) is 0 Å². The Labute approximate surface area is 406 Å². The Hall–Kier alpha value is -7.31. The number of likely N-dealkylation sites (tertiary alicyclic amines) is 1. The topological polar surface area (TPSA) is 225 Å².